The van der Waals surface area contributed by atoms with Crippen LogP contribution in [0.5, 0.6) is 0 Å². The van der Waals surface area contributed by atoms with E-state index < -0.39 is 0 Å². The zero-order chi connectivity index (χ0) is 14.7. The van der Waals surface area contributed by atoms with Gasteiger partial charge in [-0.2, -0.15) is 0 Å². The summed E-state index contributed by atoms with van der Waals surface area (Å²) in [6.45, 7) is 10.4. The second-order valence-electron chi connectivity index (χ2n) is 5.57. The van der Waals surface area contributed by atoms with E-state index in [-0.39, 0.29) is 0 Å². The lowest BCUT2D eigenvalue weighted by molar-refractivity contribution is 0.0844. The summed E-state index contributed by atoms with van der Waals surface area (Å²) in [6, 6.07) is 5.21. The molecule has 0 spiro atoms. The normalized spacial score (nSPS) is 24.1. The molecule has 0 saturated carbocycles. The third-order valence-electron chi connectivity index (χ3n) is 3.99. The van der Waals surface area contributed by atoms with Crippen molar-refractivity contribution in [3.05, 3.63) is 22.3 Å². The first-order valence-corrected chi connectivity index (χ1v) is 7.95. The molecule has 1 aliphatic heterocycles. The molecule has 2 rings (SSSR count). The molecule has 1 fully saturated rings. The maximum atomic E-state index is 5.21. The first-order valence-electron chi connectivity index (χ1n) is 7.15. The number of piperazine rings is 1. The first kappa shape index (κ1) is 15.7. The van der Waals surface area contributed by atoms with Gasteiger partial charge in [0.15, 0.2) is 0 Å². The van der Waals surface area contributed by atoms with Crippen LogP contribution < -0.4 is 4.90 Å². The number of ether oxygens (including phenoxy) is 1. The van der Waals surface area contributed by atoms with E-state index in [4.69, 9.17) is 4.74 Å². The SMILES string of the molecule is COCCN1C(C)CN(c2ccc(Br)c(C)n2)CC1C. The Bertz CT molecular complexity index is 443. The van der Waals surface area contributed by atoms with Gasteiger partial charge >= 0.3 is 0 Å². The second kappa shape index (κ2) is 6.87. The Hall–Kier alpha value is -0.650. The summed E-state index contributed by atoms with van der Waals surface area (Å²) in [5.74, 6) is 1.08. The molecule has 0 aliphatic carbocycles. The summed E-state index contributed by atoms with van der Waals surface area (Å²) in [5, 5.41) is 0. The van der Waals surface area contributed by atoms with Gasteiger partial charge in [0.2, 0.25) is 0 Å². The van der Waals surface area contributed by atoms with E-state index in [9.17, 15) is 0 Å². The highest BCUT2D eigenvalue weighted by atomic mass is 79.9. The Morgan fingerprint density at radius 2 is 1.95 bits per heavy atom. The molecule has 1 aromatic heterocycles. The quantitative estimate of drug-likeness (QED) is 0.841. The fraction of sp³-hybridized carbons (Fsp3) is 0.667. The van der Waals surface area contributed by atoms with E-state index in [0.717, 1.165) is 42.2 Å². The molecule has 2 unspecified atom stereocenters. The van der Waals surface area contributed by atoms with Gasteiger partial charge in [-0.15, -0.1) is 0 Å². The van der Waals surface area contributed by atoms with Gasteiger partial charge in [0.1, 0.15) is 5.82 Å². The Labute approximate surface area is 130 Å². The molecule has 20 heavy (non-hydrogen) atoms. The van der Waals surface area contributed by atoms with Crippen molar-refractivity contribution in [1.82, 2.24) is 9.88 Å². The number of pyridine rings is 1. The van der Waals surface area contributed by atoms with Gasteiger partial charge in [-0.1, -0.05) is 0 Å². The van der Waals surface area contributed by atoms with E-state index in [2.05, 4.69) is 56.7 Å². The molecule has 112 valence electrons. The highest BCUT2D eigenvalue weighted by molar-refractivity contribution is 9.10. The van der Waals surface area contributed by atoms with Gasteiger partial charge in [0, 0.05) is 43.3 Å². The first-order chi connectivity index (χ1) is 9.52. The van der Waals surface area contributed by atoms with Crippen molar-refractivity contribution in [3.8, 4) is 0 Å². The van der Waals surface area contributed by atoms with Crippen LogP contribution in [0, 0.1) is 6.92 Å². The van der Waals surface area contributed by atoms with Crippen molar-refractivity contribution >= 4 is 21.7 Å². The number of rotatable bonds is 4. The van der Waals surface area contributed by atoms with Gasteiger partial charge in [0.05, 0.1) is 12.3 Å². The molecule has 5 heteroatoms. The van der Waals surface area contributed by atoms with E-state index in [1.165, 1.54) is 0 Å². The lowest BCUT2D eigenvalue weighted by atomic mass is 10.1. The summed E-state index contributed by atoms with van der Waals surface area (Å²) in [5.41, 5.74) is 1.05. The van der Waals surface area contributed by atoms with Crippen molar-refractivity contribution in [2.45, 2.75) is 32.9 Å². The smallest absolute Gasteiger partial charge is 0.128 e. The summed E-state index contributed by atoms with van der Waals surface area (Å²) >= 11 is 3.51. The van der Waals surface area contributed by atoms with E-state index in [1.54, 1.807) is 7.11 Å². The number of hydrogen-bond acceptors (Lipinski definition) is 4. The predicted octanol–water partition coefficient (Wildman–Crippen LogP) is 2.70. The lowest BCUT2D eigenvalue weighted by Crippen LogP contribution is -2.57. The van der Waals surface area contributed by atoms with E-state index >= 15 is 0 Å². The molecule has 0 N–H and O–H groups in total. The van der Waals surface area contributed by atoms with Crippen molar-refractivity contribution in [1.29, 1.82) is 0 Å². The van der Waals surface area contributed by atoms with Crippen LogP contribution in [0.4, 0.5) is 5.82 Å². The largest absolute Gasteiger partial charge is 0.383 e. The van der Waals surface area contributed by atoms with Crippen LogP contribution in [0.25, 0.3) is 0 Å². The van der Waals surface area contributed by atoms with Crippen LogP contribution in [-0.4, -0.2) is 55.3 Å². The van der Waals surface area contributed by atoms with Crippen molar-refractivity contribution in [2.24, 2.45) is 0 Å². The zero-order valence-corrected chi connectivity index (χ0v) is 14.4. The molecular formula is C15H24BrN3O. The van der Waals surface area contributed by atoms with Gasteiger partial charge < -0.3 is 9.64 Å². The number of nitrogens with zero attached hydrogens (tertiary/aromatic N) is 3. The highest BCUT2D eigenvalue weighted by Gasteiger charge is 2.29. The zero-order valence-electron chi connectivity index (χ0n) is 12.8. The number of aryl methyl sites for hydroxylation is 1. The van der Waals surface area contributed by atoms with Crippen molar-refractivity contribution in [2.75, 3.05) is 38.3 Å². The maximum absolute atomic E-state index is 5.21. The lowest BCUT2D eigenvalue weighted by Gasteiger charge is -2.45. The van der Waals surface area contributed by atoms with Crippen LogP contribution in [0.2, 0.25) is 0 Å². The Balaban J connectivity index is 2.07. The number of methoxy groups -OCH3 is 1. The molecular weight excluding hydrogens is 318 g/mol. The third-order valence-corrected chi connectivity index (χ3v) is 4.82. The molecule has 1 saturated heterocycles. The molecule has 0 bridgehead atoms. The fourth-order valence-electron chi connectivity index (χ4n) is 2.89. The Morgan fingerprint density at radius 3 is 2.50 bits per heavy atom. The Morgan fingerprint density at radius 1 is 1.30 bits per heavy atom. The van der Waals surface area contributed by atoms with Gasteiger partial charge in [-0.05, 0) is 48.8 Å². The summed E-state index contributed by atoms with van der Waals surface area (Å²) in [4.78, 5) is 9.59. The van der Waals surface area contributed by atoms with Crippen LogP contribution >= 0.6 is 15.9 Å². The molecule has 2 atom stereocenters. The number of hydrogen-bond donors (Lipinski definition) is 0. The third kappa shape index (κ3) is 3.51. The molecule has 1 aromatic rings. The minimum atomic E-state index is 0.514. The van der Waals surface area contributed by atoms with Crippen molar-refractivity contribution in [3.63, 3.8) is 0 Å². The second-order valence-corrected chi connectivity index (χ2v) is 6.42. The fourth-order valence-corrected chi connectivity index (χ4v) is 3.11. The van der Waals surface area contributed by atoms with E-state index in [0.29, 0.717) is 12.1 Å². The molecule has 0 radical (unpaired) electrons. The Kier molecular flexibility index (Phi) is 5.41. The average molecular weight is 342 g/mol. The van der Waals surface area contributed by atoms with Crippen LogP contribution in [0.15, 0.2) is 16.6 Å². The minimum absolute atomic E-state index is 0.514. The molecule has 4 nitrogen and oxygen atoms in total. The summed E-state index contributed by atoms with van der Waals surface area (Å²) < 4.78 is 6.28. The molecule has 2 heterocycles. The van der Waals surface area contributed by atoms with Gasteiger partial charge in [0.25, 0.3) is 0 Å². The maximum Gasteiger partial charge on any atom is 0.128 e. The average Bonchev–Trinajstić information content (AvgIpc) is 2.41. The molecule has 0 aromatic carbocycles. The summed E-state index contributed by atoms with van der Waals surface area (Å²) in [7, 11) is 1.76. The van der Waals surface area contributed by atoms with Gasteiger partial charge in [-0.25, -0.2) is 4.98 Å². The van der Waals surface area contributed by atoms with E-state index in [1.807, 2.05) is 6.92 Å². The topological polar surface area (TPSA) is 28.6 Å². The highest BCUT2D eigenvalue weighted by Crippen LogP contribution is 2.23. The number of halogens is 1. The summed E-state index contributed by atoms with van der Waals surface area (Å²) in [6.07, 6.45) is 0. The number of aromatic nitrogens is 1. The van der Waals surface area contributed by atoms with Crippen LogP contribution in [0.3, 0.4) is 0 Å². The number of anilines is 1. The van der Waals surface area contributed by atoms with Crippen molar-refractivity contribution < 1.29 is 4.74 Å². The monoisotopic (exact) mass is 341 g/mol. The van der Waals surface area contributed by atoms with Crippen LogP contribution in [0.1, 0.15) is 19.5 Å². The molecule has 0 amide bonds. The molecule has 1 aliphatic rings. The van der Waals surface area contributed by atoms with Crippen LogP contribution in [-0.2, 0) is 4.74 Å². The predicted molar refractivity (Wildman–Crippen MR) is 86.4 cm³/mol. The minimum Gasteiger partial charge on any atom is -0.383 e. The standard InChI is InChI=1S/C15H24BrN3O/c1-11-9-18(10-12(2)19(11)7-8-20-4)15-6-5-14(16)13(3)17-15/h5-6,11-12H,7-10H2,1-4H3. The van der Waals surface area contributed by atoms with Gasteiger partial charge in [-0.3, -0.25) is 4.90 Å².